The van der Waals surface area contributed by atoms with Crippen LogP contribution in [0.25, 0.3) is 0 Å². The first-order chi connectivity index (χ1) is 7.14. The number of hydrogen-bond acceptors (Lipinski definition) is 4. The van der Waals surface area contributed by atoms with Crippen LogP contribution >= 0.6 is 12.2 Å². The maximum Gasteiger partial charge on any atom is 0.128 e. The molecular formula is C10H12FNO2S. The summed E-state index contributed by atoms with van der Waals surface area (Å²) >= 11 is 0.377. The van der Waals surface area contributed by atoms with Gasteiger partial charge in [-0.05, 0) is 13.0 Å². The third-order valence-corrected chi connectivity index (χ3v) is 2.77. The minimum Gasteiger partial charge on any atom is -0.317 e. The van der Waals surface area contributed by atoms with Gasteiger partial charge in [-0.15, -0.1) is 0 Å². The second kappa shape index (κ2) is 5.25. The summed E-state index contributed by atoms with van der Waals surface area (Å²) in [4.78, 5) is 10.5. The number of hydrogen-bond donors (Lipinski definition) is 2. The molecule has 0 spiro atoms. The third-order valence-electron chi connectivity index (χ3n) is 2.23. The summed E-state index contributed by atoms with van der Waals surface area (Å²) in [5.41, 5.74) is -0.536. The summed E-state index contributed by atoms with van der Waals surface area (Å²) in [5, 5.41) is 0. The van der Waals surface area contributed by atoms with Gasteiger partial charge in [0, 0.05) is 12.0 Å². The number of nitrogens with one attached hydrogen (secondary N) is 1. The minimum absolute atomic E-state index is 0.0848. The van der Waals surface area contributed by atoms with Crippen LogP contribution in [0, 0.1) is 5.82 Å². The molecule has 0 unspecified atom stereocenters. The van der Waals surface area contributed by atoms with E-state index in [1.807, 2.05) is 0 Å². The molecule has 0 amide bonds. The molecule has 3 nitrogen and oxygen atoms in total. The molecule has 0 radical (unpaired) electrons. The molecule has 15 heavy (non-hydrogen) atoms. The predicted molar refractivity (Wildman–Crippen MR) is 57.8 cm³/mol. The lowest BCUT2D eigenvalue weighted by Crippen LogP contribution is -2.36. The largest absolute Gasteiger partial charge is 0.317 e. The lowest BCUT2D eigenvalue weighted by Gasteiger charge is -2.27. The predicted octanol–water partition coefficient (Wildman–Crippen LogP) is 2.34. The summed E-state index contributed by atoms with van der Waals surface area (Å²) in [7, 11) is 0. The van der Waals surface area contributed by atoms with Crippen LogP contribution in [0.5, 0.6) is 0 Å². The Hall–Kier alpha value is -0.910. The first-order valence-electron chi connectivity index (χ1n) is 4.40. The zero-order chi connectivity index (χ0) is 11.3. The van der Waals surface area contributed by atoms with Crippen molar-refractivity contribution in [2.24, 2.45) is 0 Å². The van der Waals surface area contributed by atoms with Gasteiger partial charge < -0.3 is 9.35 Å². The molecule has 0 saturated heterocycles. The molecule has 5 heteroatoms. The Morgan fingerprint density at radius 2 is 2.27 bits per heavy atom. The van der Waals surface area contributed by atoms with E-state index in [9.17, 15) is 9.18 Å². The Balaban J connectivity index is 3.08. The van der Waals surface area contributed by atoms with E-state index < -0.39 is 11.4 Å². The molecule has 0 bridgehead atoms. The molecule has 0 aliphatic carbocycles. The number of carbonyl (C=O) groups is 1. The second-order valence-corrected chi connectivity index (χ2v) is 3.76. The van der Waals surface area contributed by atoms with Crippen LogP contribution in [0.2, 0.25) is 0 Å². The highest BCUT2D eigenvalue weighted by Crippen LogP contribution is 2.27. The fourth-order valence-corrected chi connectivity index (χ4v) is 1.78. The Labute approximate surface area is 92.0 Å². The highest BCUT2D eigenvalue weighted by atomic mass is 32.2. The summed E-state index contributed by atoms with van der Waals surface area (Å²) in [5.74, 6) is -0.400. The van der Waals surface area contributed by atoms with Gasteiger partial charge in [0.2, 0.25) is 0 Å². The van der Waals surface area contributed by atoms with E-state index in [0.717, 1.165) is 0 Å². The van der Waals surface area contributed by atoms with Crippen LogP contribution in [0.4, 0.5) is 4.39 Å². The highest BCUT2D eigenvalue weighted by Gasteiger charge is 2.28. The van der Waals surface area contributed by atoms with Gasteiger partial charge in [0.05, 0.1) is 17.8 Å². The Bertz CT molecular complexity index is 348. The standard InChI is InChI=1S/C10H12FNO2S/c1-10(6-7-13,12-15-14)8-4-2-3-5-9(8)11/h2-5,7,12,14H,6H2,1H3/t10-/m0/s1. The van der Waals surface area contributed by atoms with E-state index in [0.29, 0.717) is 24.1 Å². The molecule has 1 rings (SSSR count). The van der Waals surface area contributed by atoms with E-state index in [4.69, 9.17) is 4.55 Å². The topological polar surface area (TPSA) is 49.3 Å². The highest BCUT2D eigenvalue weighted by molar-refractivity contribution is 7.91. The average molecular weight is 229 g/mol. The number of benzene rings is 1. The van der Waals surface area contributed by atoms with Crippen molar-refractivity contribution in [1.29, 1.82) is 0 Å². The molecule has 1 atom stereocenters. The fourth-order valence-electron chi connectivity index (χ4n) is 1.38. The fraction of sp³-hybridized carbons (Fsp3) is 0.300. The lowest BCUT2D eigenvalue weighted by molar-refractivity contribution is -0.108. The van der Waals surface area contributed by atoms with Crippen molar-refractivity contribution < 1.29 is 13.7 Å². The maximum absolute atomic E-state index is 13.5. The smallest absolute Gasteiger partial charge is 0.128 e. The summed E-state index contributed by atoms with van der Waals surface area (Å²) in [6.45, 7) is 1.66. The maximum atomic E-state index is 13.5. The lowest BCUT2D eigenvalue weighted by atomic mass is 9.90. The van der Waals surface area contributed by atoms with Gasteiger partial charge in [-0.25, -0.2) is 9.11 Å². The molecular weight excluding hydrogens is 217 g/mol. The normalized spacial score (nSPS) is 14.6. The van der Waals surface area contributed by atoms with Crippen molar-refractivity contribution in [1.82, 2.24) is 4.72 Å². The number of rotatable bonds is 5. The quantitative estimate of drug-likeness (QED) is 0.462. The summed E-state index contributed by atoms with van der Waals surface area (Å²) in [6, 6.07) is 6.17. The van der Waals surface area contributed by atoms with Crippen molar-refractivity contribution in [2.45, 2.75) is 18.9 Å². The van der Waals surface area contributed by atoms with Gasteiger partial charge in [-0.3, -0.25) is 0 Å². The van der Waals surface area contributed by atoms with Crippen LogP contribution < -0.4 is 4.72 Å². The molecule has 0 aliphatic heterocycles. The molecule has 82 valence electrons. The molecule has 0 aliphatic rings. The van der Waals surface area contributed by atoms with Crippen molar-refractivity contribution in [2.75, 3.05) is 0 Å². The van der Waals surface area contributed by atoms with Crippen LogP contribution in [0.1, 0.15) is 18.9 Å². The van der Waals surface area contributed by atoms with Gasteiger partial charge in [-0.1, -0.05) is 18.2 Å². The van der Waals surface area contributed by atoms with Gasteiger partial charge in [-0.2, -0.15) is 0 Å². The molecule has 0 fully saturated rings. The Kier molecular flexibility index (Phi) is 4.26. The van der Waals surface area contributed by atoms with Crippen LogP contribution in [0.3, 0.4) is 0 Å². The van der Waals surface area contributed by atoms with Gasteiger partial charge >= 0.3 is 0 Å². The van der Waals surface area contributed by atoms with E-state index in [-0.39, 0.29) is 6.42 Å². The van der Waals surface area contributed by atoms with Gasteiger partial charge in [0.25, 0.3) is 0 Å². The van der Waals surface area contributed by atoms with E-state index in [2.05, 4.69) is 4.72 Å². The molecule has 0 saturated carbocycles. The third kappa shape index (κ3) is 2.77. The Morgan fingerprint density at radius 1 is 1.60 bits per heavy atom. The van der Waals surface area contributed by atoms with Gasteiger partial charge in [0.15, 0.2) is 0 Å². The van der Waals surface area contributed by atoms with E-state index in [1.165, 1.54) is 6.07 Å². The zero-order valence-electron chi connectivity index (χ0n) is 8.24. The minimum atomic E-state index is -0.896. The SMILES string of the molecule is C[C@@](CC=O)(NSO)c1ccccc1F. The van der Waals surface area contributed by atoms with Crippen LogP contribution in [0.15, 0.2) is 24.3 Å². The Morgan fingerprint density at radius 3 is 2.80 bits per heavy atom. The van der Waals surface area contributed by atoms with Crippen molar-refractivity contribution in [3.8, 4) is 0 Å². The van der Waals surface area contributed by atoms with Crippen molar-refractivity contribution in [3.05, 3.63) is 35.6 Å². The number of aldehydes is 1. The molecule has 2 N–H and O–H groups in total. The second-order valence-electron chi connectivity index (χ2n) is 3.38. The number of carbonyl (C=O) groups excluding carboxylic acids is 1. The van der Waals surface area contributed by atoms with Crippen LogP contribution in [-0.4, -0.2) is 10.8 Å². The van der Waals surface area contributed by atoms with E-state index in [1.54, 1.807) is 25.1 Å². The average Bonchev–Trinajstić information content (AvgIpc) is 2.19. The molecule has 1 aromatic rings. The summed E-state index contributed by atoms with van der Waals surface area (Å²) < 4.78 is 24.9. The van der Waals surface area contributed by atoms with Crippen LogP contribution in [-0.2, 0) is 10.3 Å². The first kappa shape index (κ1) is 12.2. The number of halogens is 1. The zero-order valence-corrected chi connectivity index (χ0v) is 9.05. The van der Waals surface area contributed by atoms with Crippen molar-refractivity contribution >= 4 is 18.5 Å². The van der Waals surface area contributed by atoms with E-state index >= 15 is 0 Å². The first-order valence-corrected chi connectivity index (χ1v) is 5.17. The monoisotopic (exact) mass is 229 g/mol. The summed E-state index contributed by atoms with van der Waals surface area (Å²) in [6.07, 6.45) is 0.775. The van der Waals surface area contributed by atoms with Crippen molar-refractivity contribution in [3.63, 3.8) is 0 Å². The molecule has 1 aromatic carbocycles. The van der Waals surface area contributed by atoms with Gasteiger partial charge in [0.1, 0.15) is 12.1 Å². The molecule has 0 aromatic heterocycles. The molecule has 0 heterocycles.